The number of benzene rings is 6. The van der Waals surface area contributed by atoms with Crippen molar-refractivity contribution in [1.82, 2.24) is 0 Å². The summed E-state index contributed by atoms with van der Waals surface area (Å²) in [6, 6.07) is 36.7. The molecule has 6 aromatic carbocycles. The highest BCUT2D eigenvalue weighted by atomic mass is 16.6. The number of rotatable bonds is 52. The van der Waals surface area contributed by atoms with Crippen molar-refractivity contribution in [3.8, 4) is 46.0 Å². The molecule has 0 atom stereocenters. The van der Waals surface area contributed by atoms with E-state index in [1.807, 2.05) is 0 Å². The molecule has 20 heteroatoms. The highest BCUT2D eigenvalue weighted by molar-refractivity contribution is 5.94. The normalized spacial score (nSPS) is 10.7. The lowest BCUT2D eigenvalue weighted by molar-refractivity contribution is -0.139. The summed E-state index contributed by atoms with van der Waals surface area (Å²) in [4.78, 5) is 101. The summed E-state index contributed by atoms with van der Waals surface area (Å²) in [7, 11) is 0. The van der Waals surface area contributed by atoms with E-state index in [1.165, 1.54) is 0 Å². The first-order chi connectivity index (χ1) is 51.7. The number of ether oxygens (including phenoxy) is 12. The van der Waals surface area contributed by atoms with Crippen LogP contribution in [0, 0.1) is 0 Å². The number of carbonyl (C=O) groups excluding carboxylic acids is 8. The van der Waals surface area contributed by atoms with Gasteiger partial charge in [-0.3, -0.25) is 0 Å². The van der Waals surface area contributed by atoms with Crippen LogP contribution in [-0.2, 0) is 51.0 Å². The van der Waals surface area contributed by atoms with Crippen LogP contribution in [0.25, 0.3) is 0 Å². The third-order valence-corrected chi connectivity index (χ3v) is 16.7. The van der Waals surface area contributed by atoms with Crippen molar-refractivity contribution in [2.24, 2.45) is 0 Å². The number of hydrogen-bond acceptors (Lipinski definition) is 20. The zero-order valence-corrected chi connectivity index (χ0v) is 62.6. The molecule has 0 radical (unpaired) electrons. The zero-order valence-electron chi connectivity index (χ0n) is 62.6. The van der Waals surface area contributed by atoms with Crippen LogP contribution in [0.3, 0.4) is 0 Å². The first-order valence-electron chi connectivity index (χ1n) is 37.1. The van der Waals surface area contributed by atoms with Gasteiger partial charge in [0.2, 0.25) is 0 Å². The van der Waals surface area contributed by atoms with Crippen LogP contribution in [-0.4, -0.2) is 101 Å². The van der Waals surface area contributed by atoms with Crippen molar-refractivity contribution in [2.45, 2.75) is 175 Å². The van der Waals surface area contributed by atoms with Gasteiger partial charge in [0, 0.05) is 22.3 Å². The molecule has 0 heterocycles. The van der Waals surface area contributed by atoms with E-state index in [2.05, 4.69) is 26.3 Å². The Morgan fingerprint density at radius 3 is 0.692 bits per heavy atom. The van der Waals surface area contributed by atoms with Crippen molar-refractivity contribution < 1.29 is 95.2 Å². The average Bonchev–Trinajstić information content (AvgIpc) is 0.838. The Kier molecular flexibility index (Phi) is 38.5. The molecule has 0 saturated heterocycles. The van der Waals surface area contributed by atoms with Gasteiger partial charge in [0.1, 0.15) is 46.0 Å². The van der Waals surface area contributed by atoms with Crippen molar-refractivity contribution in [3.63, 3.8) is 0 Å². The fourth-order valence-corrected chi connectivity index (χ4v) is 10.5. The fourth-order valence-electron chi connectivity index (χ4n) is 10.5. The first-order valence-corrected chi connectivity index (χ1v) is 37.1. The first kappa shape index (κ1) is 85.2. The smallest absolute Gasteiger partial charge is 0.343 e. The Morgan fingerprint density at radius 1 is 0.243 bits per heavy atom. The summed E-state index contributed by atoms with van der Waals surface area (Å²) in [6.45, 7) is 24.1. The Bertz CT molecular complexity index is 3620. The van der Waals surface area contributed by atoms with Crippen LogP contribution in [0.2, 0.25) is 0 Å². The summed E-state index contributed by atoms with van der Waals surface area (Å²) < 4.78 is 68.3. The Hall–Kier alpha value is -10.8. The van der Waals surface area contributed by atoms with Crippen LogP contribution < -0.4 is 37.9 Å². The van der Waals surface area contributed by atoms with E-state index in [0.29, 0.717) is 169 Å². The van der Waals surface area contributed by atoms with Gasteiger partial charge in [-0.25, -0.2) is 38.4 Å². The second-order valence-electron chi connectivity index (χ2n) is 26.2. The van der Waals surface area contributed by atoms with E-state index >= 15 is 0 Å². The topological polar surface area (TPSA) is 247 Å². The Morgan fingerprint density at radius 2 is 0.449 bits per heavy atom. The molecule has 0 aliphatic rings. The predicted octanol–water partition coefficient (Wildman–Crippen LogP) is 18.5. The maximum atomic E-state index is 13.8. The minimum absolute atomic E-state index is 0.263. The largest absolute Gasteiger partial charge is 0.494 e. The van der Waals surface area contributed by atoms with Crippen molar-refractivity contribution in [3.05, 3.63) is 215 Å². The third-order valence-electron chi connectivity index (χ3n) is 16.7. The highest BCUT2D eigenvalue weighted by Gasteiger charge is 2.20. The monoisotopic (exact) mass is 1470 g/mol. The molecule has 0 N–H and O–H groups in total. The van der Waals surface area contributed by atoms with Crippen LogP contribution in [0.1, 0.15) is 215 Å². The van der Waals surface area contributed by atoms with Gasteiger partial charge in [0.15, 0.2) is 0 Å². The third kappa shape index (κ3) is 33.5. The van der Waals surface area contributed by atoms with Crippen molar-refractivity contribution in [1.29, 1.82) is 0 Å². The molecular formula is C87H104O20. The van der Waals surface area contributed by atoms with Crippen molar-refractivity contribution >= 4 is 47.8 Å². The molecule has 6 rings (SSSR count). The molecular weight excluding hydrogens is 1360 g/mol. The van der Waals surface area contributed by atoms with E-state index in [0.717, 1.165) is 122 Å². The van der Waals surface area contributed by atoms with E-state index in [4.69, 9.17) is 56.8 Å². The minimum Gasteiger partial charge on any atom is -0.494 e. The SMILES string of the molecule is C=C(C)C(=O)OCCCCCCOc1ccc(C(=O)Oc2ccc(OC(=O)c3ccc(OCCCCCCOC(=O)C(=C)C)cc3)c(CCCCCCCc3cc(OC(=O)c4ccc(OCCCCCCOC(=O)C(=C)C)cc4)ccc3OC(=O)c3ccc(OCCCCCCOC(=O)C(=C)C)cc3)c2)cc1. The Labute approximate surface area is 629 Å². The van der Waals surface area contributed by atoms with Gasteiger partial charge in [-0.2, -0.15) is 0 Å². The maximum absolute atomic E-state index is 13.8. The molecule has 20 nitrogen and oxygen atoms in total. The number of hydrogen-bond donors (Lipinski definition) is 0. The highest BCUT2D eigenvalue weighted by Crippen LogP contribution is 2.31. The minimum atomic E-state index is -0.586. The lowest BCUT2D eigenvalue weighted by Gasteiger charge is -2.14. The molecule has 0 saturated carbocycles. The van der Waals surface area contributed by atoms with Gasteiger partial charge in [-0.1, -0.05) is 45.6 Å². The van der Waals surface area contributed by atoms with E-state index < -0.39 is 23.9 Å². The maximum Gasteiger partial charge on any atom is 0.343 e. The summed E-state index contributed by atoms with van der Waals surface area (Å²) >= 11 is 0. The second kappa shape index (κ2) is 48.4. The van der Waals surface area contributed by atoms with Crippen LogP contribution >= 0.6 is 0 Å². The Balaban J connectivity index is 1.06. The summed E-state index contributed by atoms with van der Waals surface area (Å²) in [5.41, 5.74) is 4.04. The van der Waals surface area contributed by atoms with Gasteiger partial charge < -0.3 is 56.8 Å². The van der Waals surface area contributed by atoms with Gasteiger partial charge in [0.05, 0.1) is 75.1 Å². The molecule has 0 amide bonds. The van der Waals surface area contributed by atoms with E-state index in [1.54, 1.807) is 161 Å². The number of esters is 8. The van der Waals surface area contributed by atoms with Crippen LogP contribution in [0.4, 0.5) is 0 Å². The van der Waals surface area contributed by atoms with Gasteiger partial charge in [-0.05, 0) is 301 Å². The standard InChI is InChI=1S/C87H104O20/c1-62(2)80(88)100-56-26-16-12-22-52-96-72-40-32-66(33-41-72)84(92)104-76-48-50-78(106-86(94)68-36-44-74(45-37-68)98-54-24-14-18-28-58-102-82(90)64(5)6)70(60-76)30-20-10-9-11-21-31-71-61-77(105-85(93)67-34-42-73(43-35-67)97-53-23-13-17-27-57-101-81(89)63(3)4)49-51-79(71)107-87(95)69-38-46-75(47-39-69)99-55-25-15-19-29-59-103-83(91)65(7)8/h32-51,60-61H,1,3,5,7,9-31,52-59H2,2,4,6,8H3. The number of carbonyl (C=O) groups is 8. The summed E-state index contributed by atoms with van der Waals surface area (Å²) in [5.74, 6) is -0.345. The van der Waals surface area contributed by atoms with Gasteiger partial charge in [-0.15, -0.1) is 0 Å². The predicted molar refractivity (Wildman–Crippen MR) is 408 cm³/mol. The lowest BCUT2D eigenvalue weighted by Crippen LogP contribution is -2.11. The van der Waals surface area contributed by atoms with E-state index in [9.17, 15) is 38.4 Å². The van der Waals surface area contributed by atoms with Crippen molar-refractivity contribution in [2.75, 3.05) is 52.9 Å². The molecule has 0 bridgehead atoms. The van der Waals surface area contributed by atoms with Crippen LogP contribution in [0.5, 0.6) is 46.0 Å². The fraction of sp³-hybridized carbons (Fsp3) is 0.402. The molecule has 6 aromatic rings. The quantitative estimate of drug-likeness (QED) is 0.0113. The molecule has 0 aliphatic heterocycles. The number of aryl methyl sites for hydroxylation is 2. The van der Waals surface area contributed by atoms with E-state index in [-0.39, 0.29) is 35.4 Å². The summed E-state index contributed by atoms with van der Waals surface area (Å²) in [6.07, 6.45) is 17.9. The molecule has 0 unspecified atom stereocenters. The van der Waals surface area contributed by atoms with Crippen LogP contribution in [0.15, 0.2) is 182 Å². The molecule has 572 valence electrons. The molecule has 0 fully saturated rings. The average molecular weight is 1470 g/mol. The molecule has 107 heavy (non-hydrogen) atoms. The molecule has 0 aliphatic carbocycles. The van der Waals surface area contributed by atoms with Gasteiger partial charge >= 0.3 is 47.8 Å². The zero-order chi connectivity index (χ0) is 77.0. The molecule has 0 spiro atoms. The van der Waals surface area contributed by atoms with Gasteiger partial charge in [0.25, 0.3) is 0 Å². The molecule has 0 aromatic heterocycles. The second-order valence-corrected chi connectivity index (χ2v) is 26.2. The summed E-state index contributed by atoms with van der Waals surface area (Å²) in [5, 5.41) is 0. The number of unbranched alkanes of at least 4 members (excludes halogenated alkanes) is 16. The lowest BCUT2D eigenvalue weighted by atomic mass is 10.0.